The Balaban J connectivity index is 1.88. The van der Waals surface area contributed by atoms with E-state index < -0.39 is 17.8 Å². The molecule has 1 heterocycles. The van der Waals surface area contributed by atoms with Crippen LogP contribution >= 0.6 is 27.3 Å². The van der Waals surface area contributed by atoms with Crippen molar-refractivity contribution in [1.82, 2.24) is 5.32 Å². The Labute approximate surface area is 132 Å². The second kappa shape index (κ2) is 6.91. The first-order valence-electron chi connectivity index (χ1n) is 6.15. The van der Waals surface area contributed by atoms with Crippen LogP contribution in [-0.2, 0) is 12.7 Å². The van der Waals surface area contributed by atoms with Gasteiger partial charge in [0.2, 0.25) is 0 Å². The number of aliphatic hydroxyl groups is 1. The zero-order chi connectivity index (χ0) is 15.5. The van der Waals surface area contributed by atoms with Crippen LogP contribution < -0.4 is 5.32 Å². The molecule has 2 N–H and O–H groups in total. The van der Waals surface area contributed by atoms with E-state index in [0.29, 0.717) is 12.1 Å². The fraction of sp³-hybridized carbons (Fsp3) is 0.286. The van der Waals surface area contributed by atoms with Crippen LogP contribution in [0, 0.1) is 0 Å². The van der Waals surface area contributed by atoms with Crippen LogP contribution in [0.3, 0.4) is 0 Å². The Hall–Kier alpha value is -0.890. The van der Waals surface area contributed by atoms with Crippen LogP contribution in [0.5, 0.6) is 0 Å². The van der Waals surface area contributed by atoms with Crippen LogP contribution in [0.4, 0.5) is 13.2 Å². The number of aliphatic hydroxyl groups excluding tert-OH is 1. The lowest BCUT2D eigenvalue weighted by Crippen LogP contribution is -2.20. The molecule has 0 amide bonds. The molecule has 2 rings (SSSR count). The second-order valence-electron chi connectivity index (χ2n) is 4.46. The van der Waals surface area contributed by atoms with Crippen molar-refractivity contribution in [3.8, 4) is 0 Å². The number of rotatable bonds is 5. The Bertz CT molecular complexity index is 583. The van der Waals surface area contributed by atoms with Gasteiger partial charge >= 0.3 is 6.18 Å². The monoisotopic (exact) mass is 379 g/mol. The van der Waals surface area contributed by atoms with Crippen LogP contribution in [-0.4, -0.2) is 11.7 Å². The summed E-state index contributed by atoms with van der Waals surface area (Å²) in [5.74, 6) is 0. The Morgan fingerprint density at radius 2 is 1.86 bits per heavy atom. The molecule has 0 aliphatic rings. The first-order valence-corrected chi connectivity index (χ1v) is 7.83. The molecule has 1 aromatic carbocycles. The first-order chi connectivity index (χ1) is 9.88. The summed E-state index contributed by atoms with van der Waals surface area (Å²) in [7, 11) is 0. The Morgan fingerprint density at radius 1 is 1.19 bits per heavy atom. The SMILES string of the molecule is OC(CNCc1sccc1Br)c1ccc(C(F)(F)F)cc1. The molecule has 0 bridgehead atoms. The summed E-state index contributed by atoms with van der Waals surface area (Å²) in [5.41, 5.74) is -0.255. The van der Waals surface area contributed by atoms with Gasteiger partial charge in [-0.1, -0.05) is 12.1 Å². The molecule has 0 spiro atoms. The van der Waals surface area contributed by atoms with Gasteiger partial charge in [-0.25, -0.2) is 0 Å². The van der Waals surface area contributed by atoms with Crippen molar-refractivity contribution in [2.45, 2.75) is 18.8 Å². The average molecular weight is 380 g/mol. The summed E-state index contributed by atoms with van der Waals surface area (Å²) in [6.07, 6.45) is -5.20. The highest BCUT2D eigenvalue weighted by Gasteiger charge is 2.30. The van der Waals surface area contributed by atoms with Crippen molar-refractivity contribution in [2.24, 2.45) is 0 Å². The normalized spacial score (nSPS) is 13.4. The number of nitrogens with one attached hydrogen (secondary N) is 1. The predicted octanol–water partition coefficient (Wildman–Crippen LogP) is 4.35. The van der Waals surface area contributed by atoms with Crippen molar-refractivity contribution < 1.29 is 18.3 Å². The third-order valence-corrected chi connectivity index (χ3v) is 4.86. The van der Waals surface area contributed by atoms with E-state index in [4.69, 9.17) is 0 Å². The number of halogens is 4. The lowest BCUT2D eigenvalue weighted by Gasteiger charge is -2.13. The van der Waals surface area contributed by atoms with E-state index in [-0.39, 0.29) is 6.54 Å². The van der Waals surface area contributed by atoms with E-state index in [9.17, 15) is 18.3 Å². The molecule has 1 unspecified atom stereocenters. The number of hydrogen-bond donors (Lipinski definition) is 2. The third kappa shape index (κ3) is 4.54. The van der Waals surface area contributed by atoms with E-state index in [0.717, 1.165) is 21.5 Å². The molecule has 0 aliphatic carbocycles. The van der Waals surface area contributed by atoms with Crippen molar-refractivity contribution >= 4 is 27.3 Å². The molecule has 0 saturated heterocycles. The van der Waals surface area contributed by atoms with Crippen LogP contribution in [0.25, 0.3) is 0 Å². The maximum Gasteiger partial charge on any atom is 0.416 e. The summed E-state index contributed by atoms with van der Waals surface area (Å²) >= 11 is 4.99. The highest BCUT2D eigenvalue weighted by molar-refractivity contribution is 9.10. The van der Waals surface area contributed by atoms with Gasteiger partial charge in [0.25, 0.3) is 0 Å². The molecule has 1 aromatic heterocycles. The zero-order valence-electron chi connectivity index (χ0n) is 10.8. The molecule has 0 aliphatic heterocycles. The number of benzene rings is 1. The van der Waals surface area contributed by atoms with Crippen LogP contribution in [0.15, 0.2) is 40.2 Å². The van der Waals surface area contributed by atoms with Gasteiger partial charge in [-0.3, -0.25) is 0 Å². The molecular weight excluding hydrogens is 367 g/mol. The van der Waals surface area contributed by atoms with E-state index in [1.54, 1.807) is 11.3 Å². The first kappa shape index (κ1) is 16.5. The minimum atomic E-state index is -4.35. The zero-order valence-corrected chi connectivity index (χ0v) is 13.2. The predicted molar refractivity (Wildman–Crippen MR) is 80.1 cm³/mol. The topological polar surface area (TPSA) is 32.3 Å². The lowest BCUT2D eigenvalue weighted by atomic mass is 10.1. The van der Waals surface area contributed by atoms with E-state index >= 15 is 0 Å². The quantitative estimate of drug-likeness (QED) is 0.808. The molecule has 2 nitrogen and oxygen atoms in total. The third-order valence-electron chi connectivity index (χ3n) is 2.94. The van der Waals surface area contributed by atoms with Crippen molar-refractivity contribution in [2.75, 3.05) is 6.54 Å². The van der Waals surface area contributed by atoms with E-state index in [2.05, 4.69) is 21.2 Å². The van der Waals surface area contributed by atoms with Crippen LogP contribution in [0.1, 0.15) is 22.1 Å². The highest BCUT2D eigenvalue weighted by Crippen LogP contribution is 2.30. The Morgan fingerprint density at radius 3 is 2.38 bits per heavy atom. The maximum absolute atomic E-state index is 12.4. The average Bonchev–Trinajstić information content (AvgIpc) is 2.83. The van der Waals surface area contributed by atoms with Gasteiger partial charge in [-0.15, -0.1) is 11.3 Å². The smallest absolute Gasteiger partial charge is 0.387 e. The van der Waals surface area contributed by atoms with Gasteiger partial charge in [0.1, 0.15) is 0 Å². The minimum absolute atomic E-state index is 0.274. The van der Waals surface area contributed by atoms with Crippen molar-refractivity contribution in [1.29, 1.82) is 0 Å². The van der Waals surface area contributed by atoms with Gasteiger partial charge in [-0.05, 0) is 45.1 Å². The van der Waals surface area contributed by atoms with Crippen LogP contribution in [0.2, 0.25) is 0 Å². The standard InChI is InChI=1S/C14H13BrF3NOS/c15-11-5-6-21-13(11)8-19-7-12(20)9-1-3-10(4-2-9)14(16,17)18/h1-6,12,19-20H,7-8H2. The lowest BCUT2D eigenvalue weighted by molar-refractivity contribution is -0.137. The second-order valence-corrected chi connectivity index (χ2v) is 6.31. The molecule has 7 heteroatoms. The fourth-order valence-corrected chi connectivity index (χ4v) is 3.25. The molecule has 0 radical (unpaired) electrons. The summed E-state index contributed by atoms with van der Waals surface area (Å²) in [5, 5.41) is 15.0. The van der Waals surface area contributed by atoms with Crippen molar-refractivity contribution in [3.63, 3.8) is 0 Å². The van der Waals surface area contributed by atoms with Crippen molar-refractivity contribution in [3.05, 3.63) is 56.2 Å². The molecule has 1 atom stereocenters. The van der Waals surface area contributed by atoms with Gasteiger partial charge in [-0.2, -0.15) is 13.2 Å². The summed E-state index contributed by atoms with van der Waals surface area (Å²) in [6.45, 7) is 0.867. The number of hydrogen-bond acceptors (Lipinski definition) is 3. The number of thiophene rings is 1. The van der Waals surface area contributed by atoms with E-state index in [1.807, 2.05) is 11.4 Å². The van der Waals surface area contributed by atoms with Gasteiger partial charge in [0, 0.05) is 22.4 Å². The largest absolute Gasteiger partial charge is 0.416 e. The molecule has 0 fully saturated rings. The molecule has 21 heavy (non-hydrogen) atoms. The molecule has 114 valence electrons. The number of alkyl halides is 3. The van der Waals surface area contributed by atoms with Gasteiger partial charge in [0.05, 0.1) is 11.7 Å². The highest BCUT2D eigenvalue weighted by atomic mass is 79.9. The Kier molecular flexibility index (Phi) is 5.43. The maximum atomic E-state index is 12.4. The summed E-state index contributed by atoms with van der Waals surface area (Å²) in [4.78, 5) is 1.11. The summed E-state index contributed by atoms with van der Waals surface area (Å²) < 4.78 is 38.3. The van der Waals surface area contributed by atoms with Gasteiger partial charge < -0.3 is 10.4 Å². The fourth-order valence-electron chi connectivity index (χ4n) is 1.79. The van der Waals surface area contributed by atoms with Gasteiger partial charge in [0.15, 0.2) is 0 Å². The molecule has 0 saturated carbocycles. The minimum Gasteiger partial charge on any atom is -0.387 e. The van der Waals surface area contributed by atoms with E-state index in [1.165, 1.54) is 12.1 Å². The molecule has 2 aromatic rings. The molecular formula is C14H13BrF3NOS. The summed E-state index contributed by atoms with van der Waals surface area (Å²) in [6, 6.07) is 6.50.